The van der Waals surface area contributed by atoms with Crippen LogP contribution in [0.4, 0.5) is 4.39 Å². The zero-order valence-electron chi connectivity index (χ0n) is 12.7. The second-order valence-electron chi connectivity index (χ2n) is 6.51. The average Bonchev–Trinajstić information content (AvgIpc) is 2.34. The number of benzene rings is 1. The first kappa shape index (κ1) is 15.5. The molecule has 1 aliphatic rings. The largest absolute Gasteiger partial charge is 0.369 e. The fourth-order valence-electron chi connectivity index (χ4n) is 3.38. The lowest BCUT2D eigenvalue weighted by Gasteiger charge is -2.35. The summed E-state index contributed by atoms with van der Waals surface area (Å²) in [6.07, 6.45) is 3.41. The van der Waals surface area contributed by atoms with Crippen molar-refractivity contribution in [2.45, 2.75) is 58.3 Å². The summed E-state index contributed by atoms with van der Waals surface area (Å²) >= 11 is 0. The van der Waals surface area contributed by atoms with Crippen LogP contribution in [0.1, 0.15) is 51.7 Å². The Morgan fingerprint density at radius 2 is 1.85 bits per heavy atom. The molecule has 1 fully saturated rings. The molecule has 2 nitrogen and oxygen atoms in total. The molecular formula is C17H26FNO. The van der Waals surface area contributed by atoms with Crippen LogP contribution in [0.15, 0.2) is 24.3 Å². The van der Waals surface area contributed by atoms with Gasteiger partial charge >= 0.3 is 0 Å². The summed E-state index contributed by atoms with van der Waals surface area (Å²) in [6.45, 7) is 6.47. The van der Waals surface area contributed by atoms with Crippen molar-refractivity contribution in [1.29, 1.82) is 0 Å². The molecule has 1 aliphatic carbocycles. The molecule has 0 saturated heterocycles. The summed E-state index contributed by atoms with van der Waals surface area (Å²) in [7, 11) is 0. The van der Waals surface area contributed by atoms with Crippen LogP contribution in [0.25, 0.3) is 0 Å². The second-order valence-corrected chi connectivity index (χ2v) is 6.51. The van der Waals surface area contributed by atoms with Gasteiger partial charge in [0.1, 0.15) is 5.82 Å². The van der Waals surface area contributed by atoms with Crippen LogP contribution >= 0.6 is 0 Å². The van der Waals surface area contributed by atoms with Crippen molar-refractivity contribution >= 4 is 0 Å². The van der Waals surface area contributed by atoms with Crippen LogP contribution in [-0.2, 0) is 4.74 Å². The summed E-state index contributed by atoms with van der Waals surface area (Å²) in [5, 5.41) is 0. The molecule has 1 aromatic carbocycles. The lowest BCUT2D eigenvalue weighted by molar-refractivity contribution is -0.0586. The van der Waals surface area contributed by atoms with Crippen molar-refractivity contribution in [2.24, 2.45) is 17.6 Å². The number of hydrogen-bond donors (Lipinski definition) is 1. The zero-order valence-corrected chi connectivity index (χ0v) is 12.7. The van der Waals surface area contributed by atoms with E-state index >= 15 is 0 Å². The minimum Gasteiger partial charge on any atom is -0.369 e. The Kier molecular flexibility index (Phi) is 5.17. The highest BCUT2D eigenvalue weighted by molar-refractivity contribution is 5.20. The van der Waals surface area contributed by atoms with Gasteiger partial charge in [0, 0.05) is 6.04 Å². The molecule has 1 aromatic rings. The first-order valence-electron chi connectivity index (χ1n) is 7.62. The summed E-state index contributed by atoms with van der Waals surface area (Å²) in [6, 6.07) is 6.45. The topological polar surface area (TPSA) is 35.2 Å². The fraction of sp³-hybridized carbons (Fsp3) is 0.647. The molecule has 1 saturated carbocycles. The molecule has 4 atom stereocenters. The predicted octanol–water partition coefficient (Wildman–Crippen LogP) is 4.06. The first-order valence-corrected chi connectivity index (χ1v) is 7.62. The summed E-state index contributed by atoms with van der Waals surface area (Å²) in [4.78, 5) is 0. The van der Waals surface area contributed by atoms with Crippen molar-refractivity contribution in [3.05, 3.63) is 35.6 Å². The van der Waals surface area contributed by atoms with Crippen LogP contribution in [0.5, 0.6) is 0 Å². The Morgan fingerprint density at radius 3 is 2.40 bits per heavy atom. The molecule has 0 aromatic heterocycles. The Labute approximate surface area is 121 Å². The highest BCUT2D eigenvalue weighted by Gasteiger charge is 2.28. The summed E-state index contributed by atoms with van der Waals surface area (Å²) in [5.41, 5.74) is 6.90. The molecule has 0 aliphatic heterocycles. The third kappa shape index (κ3) is 4.03. The van der Waals surface area contributed by atoms with E-state index in [2.05, 4.69) is 13.8 Å². The third-order valence-corrected chi connectivity index (χ3v) is 4.13. The molecule has 2 rings (SSSR count). The van der Waals surface area contributed by atoms with E-state index in [0.29, 0.717) is 11.8 Å². The van der Waals surface area contributed by atoms with E-state index in [0.717, 1.165) is 18.4 Å². The Balaban J connectivity index is 2.10. The Morgan fingerprint density at radius 1 is 1.20 bits per heavy atom. The quantitative estimate of drug-likeness (QED) is 0.902. The lowest BCUT2D eigenvalue weighted by Crippen LogP contribution is -2.34. The average molecular weight is 279 g/mol. The van der Waals surface area contributed by atoms with Gasteiger partial charge in [-0.3, -0.25) is 0 Å². The molecule has 0 radical (unpaired) electrons. The number of rotatable bonds is 4. The third-order valence-electron chi connectivity index (χ3n) is 4.13. The van der Waals surface area contributed by atoms with Gasteiger partial charge in [0.2, 0.25) is 0 Å². The molecule has 0 bridgehead atoms. The second kappa shape index (κ2) is 6.68. The highest BCUT2D eigenvalue weighted by atomic mass is 19.1. The van der Waals surface area contributed by atoms with Crippen LogP contribution in [0.2, 0.25) is 0 Å². The van der Waals surface area contributed by atoms with Crippen molar-refractivity contribution in [3.8, 4) is 0 Å². The maximum absolute atomic E-state index is 13.4. The minimum atomic E-state index is -0.234. The van der Waals surface area contributed by atoms with E-state index in [1.165, 1.54) is 18.6 Å². The number of hydrogen-bond acceptors (Lipinski definition) is 2. The molecule has 0 amide bonds. The molecule has 2 N–H and O–H groups in total. The van der Waals surface area contributed by atoms with Gasteiger partial charge in [-0.05, 0) is 55.7 Å². The van der Waals surface area contributed by atoms with E-state index < -0.39 is 0 Å². The van der Waals surface area contributed by atoms with Crippen molar-refractivity contribution in [1.82, 2.24) is 0 Å². The van der Waals surface area contributed by atoms with E-state index in [4.69, 9.17) is 10.5 Å². The maximum atomic E-state index is 13.4. The highest BCUT2D eigenvalue weighted by Crippen LogP contribution is 2.34. The van der Waals surface area contributed by atoms with Gasteiger partial charge in [0.05, 0.1) is 12.2 Å². The monoisotopic (exact) mass is 279 g/mol. The minimum absolute atomic E-state index is 0.149. The number of ether oxygens (including phenoxy) is 1. The van der Waals surface area contributed by atoms with Gasteiger partial charge in [-0.25, -0.2) is 4.39 Å². The van der Waals surface area contributed by atoms with E-state index in [1.54, 1.807) is 6.07 Å². The Bertz CT molecular complexity index is 425. The molecule has 20 heavy (non-hydrogen) atoms. The van der Waals surface area contributed by atoms with Crippen LogP contribution < -0.4 is 5.73 Å². The maximum Gasteiger partial charge on any atom is 0.123 e. The van der Waals surface area contributed by atoms with Gasteiger partial charge in [-0.2, -0.15) is 0 Å². The summed E-state index contributed by atoms with van der Waals surface area (Å²) in [5.74, 6) is 1.14. The Hall–Kier alpha value is -0.930. The van der Waals surface area contributed by atoms with E-state index in [9.17, 15) is 4.39 Å². The molecular weight excluding hydrogens is 253 g/mol. The molecule has 112 valence electrons. The zero-order chi connectivity index (χ0) is 14.7. The van der Waals surface area contributed by atoms with Gasteiger partial charge in [0.15, 0.2) is 0 Å². The van der Waals surface area contributed by atoms with Gasteiger partial charge < -0.3 is 10.5 Å². The van der Waals surface area contributed by atoms with Crippen molar-refractivity contribution in [2.75, 3.05) is 0 Å². The molecule has 3 heteroatoms. The van der Waals surface area contributed by atoms with E-state index in [1.807, 2.05) is 13.0 Å². The standard InChI is InChI=1S/C17H26FNO/c1-11-7-12(2)9-16(8-11)20-17(13(3)19)14-5-4-6-15(18)10-14/h4-6,10-13,16-17H,7-9,19H2,1-3H3. The van der Waals surface area contributed by atoms with E-state index in [-0.39, 0.29) is 24.1 Å². The fourth-order valence-corrected chi connectivity index (χ4v) is 3.38. The van der Waals surface area contributed by atoms with Crippen LogP contribution in [0.3, 0.4) is 0 Å². The van der Waals surface area contributed by atoms with Gasteiger partial charge in [-0.15, -0.1) is 0 Å². The van der Waals surface area contributed by atoms with Crippen LogP contribution in [-0.4, -0.2) is 12.1 Å². The van der Waals surface area contributed by atoms with Crippen LogP contribution in [0, 0.1) is 17.7 Å². The number of nitrogens with two attached hydrogens (primary N) is 1. The van der Waals surface area contributed by atoms with Gasteiger partial charge in [0.25, 0.3) is 0 Å². The SMILES string of the molecule is CC1CC(C)CC(OC(c2cccc(F)c2)C(C)N)C1. The van der Waals surface area contributed by atoms with Crippen molar-refractivity contribution < 1.29 is 9.13 Å². The smallest absolute Gasteiger partial charge is 0.123 e. The molecule has 4 unspecified atom stereocenters. The van der Waals surface area contributed by atoms with Crippen molar-refractivity contribution in [3.63, 3.8) is 0 Å². The van der Waals surface area contributed by atoms with Gasteiger partial charge in [-0.1, -0.05) is 26.0 Å². The molecule has 0 heterocycles. The normalized spacial score (nSPS) is 29.9. The first-order chi connectivity index (χ1) is 9.45. The molecule has 0 spiro atoms. The number of halogens is 1. The summed E-state index contributed by atoms with van der Waals surface area (Å²) < 4.78 is 19.6. The predicted molar refractivity (Wildman–Crippen MR) is 79.8 cm³/mol. The lowest BCUT2D eigenvalue weighted by atomic mass is 9.81.